The number of halogens is 1. The van der Waals surface area contributed by atoms with E-state index in [1.807, 2.05) is 4.83 Å². The lowest BCUT2D eigenvalue weighted by molar-refractivity contribution is 0.0944. The van der Waals surface area contributed by atoms with E-state index >= 15 is 0 Å². The van der Waals surface area contributed by atoms with Gasteiger partial charge in [0.05, 0.1) is 4.90 Å². The maximum Gasteiger partial charge on any atom is 0.266 e. The molecule has 2 rings (SSSR count). The highest BCUT2D eigenvalue weighted by Gasteiger charge is 2.16. The van der Waals surface area contributed by atoms with Crippen LogP contribution in [0.5, 0.6) is 0 Å². The van der Waals surface area contributed by atoms with Gasteiger partial charge < -0.3 is 0 Å². The number of nitrogens with one attached hydrogen (secondary N) is 2. The summed E-state index contributed by atoms with van der Waals surface area (Å²) in [5, 5.41) is 0. The summed E-state index contributed by atoms with van der Waals surface area (Å²) in [6.45, 7) is 1.74. The summed E-state index contributed by atoms with van der Waals surface area (Å²) in [6.07, 6.45) is 0. The van der Waals surface area contributed by atoms with Crippen molar-refractivity contribution in [2.45, 2.75) is 11.8 Å². The van der Waals surface area contributed by atoms with Crippen molar-refractivity contribution in [1.82, 2.24) is 10.3 Å². The van der Waals surface area contributed by atoms with E-state index in [0.717, 1.165) is 29.8 Å². The average Bonchev–Trinajstić information content (AvgIpc) is 2.46. The van der Waals surface area contributed by atoms with Crippen LogP contribution in [0.1, 0.15) is 15.9 Å². The molecule has 0 aliphatic heterocycles. The quantitative estimate of drug-likeness (QED) is 0.845. The fraction of sp³-hybridized carbons (Fsp3) is 0.0714. The lowest BCUT2D eigenvalue weighted by Gasteiger charge is -2.09. The van der Waals surface area contributed by atoms with Crippen LogP contribution in [0.25, 0.3) is 0 Å². The van der Waals surface area contributed by atoms with Crippen LogP contribution in [0.3, 0.4) is 0 Å². The molecule has 5 nitrogen and oxygen atoms in total. The predicted molar refractivity (Wildman–Crippen MR) is 75.4 cm³/mol. The van der Waals surface area contributed by atoms with Crippen LogP contribution in [0.15, 0.2) is 53.4 Å². The number of amides is 1. The molecule has 0 spiro atoms. The van der Waals surface area contributed by atoms with Crippen LogP contribution < -0.4 is 10.3 Å². The molecule has 0 radical (unpaired) electrons. The standard InChI is InChI=1S/C14H13FN2O3S/c1-10-4-2-3-5-13(10)14(18)16-17-21(19,20)12-8-6-11(15)7-9-12/h2-9,17H,1H3,(H,16,18). The van der Waals surface area contributed by atoms with Gasteiger partial charge >= 0.3 is 0 Å². The molecule has 0 bridgehead atoms. The fourth-order valence-electron chi connectivity index (χ4n) is 1.68. The van der Waals surface area contributed by atoms with E-state index in [2.05, 4.69) is 5.43 Å². The molecular formula is C14H13FN2O3S. The zero-order valence-electron chi connectivity index (χ0n) is 11.1. The first-order valence-electron chi connectivity index (χ1n) is 6.03. The number of hydrazine groups is 1. The van der Waals surface area contributed by atoms with Gasteiger partial charge in [-0.15, -0.1) is 4.83 Å². The molecular weight excluding hydrogens is 295 g/mol. The van der Waals surface area contributed by atoms with Crippen molar-refractivity contribution in [2.75, 3.05) is 0 Å². The van der Waals surface area contributed by atoms with Crippen molar-refractivity contribution in [2.24, 2.45) is 0 Å². The normalized spacial score (nSPS) is 11.1. The van der Waals surface area contributed by atoms with Crippen LogP contribution in [-0.4, -0.2) is 14.3 Å². The molecule has 0 saturated carbocycles. The van der Waals surface area contributed by atoms with Gasteiger partial charge in [-0.2, -0.15) is 0 Å². The van der Waals surface area contributed by atoms with Gasteiger partial charge in [0.15, 0.2) is 0 Å². The van der Waals surface area contributed by atoms with Crippen LogP contribution in [0.2, 0.25) is 0 Å². The Bertz CT molecular complexity index is 758. The summed E-state index contributed by atoms with van der Waals surface area (Å²) < 4.78 is 36.6. The van der Waals surface area contributed by atoms with Gasteiger partial charge in [-0.25, -0.2) is 12.8 Å². The lowest BCUT2D eigenvalue weighted by Crippen LogP contribution is -2.41. The summed E-state index contributed by atoms with van der Waals surface area (Å²) in [5.74, 6) is -1.11. The number of hydrogen-bond donors (Lipinski definition) is 2. The minimum Gasteiger partial charge on any atom is -0.273 e. The summed E-state index contributed by atoms with van der Waals surface area (Å²) in [6, 6.07) is 11.0. The van der Waals surface area contributed by atoms with Crippen molar-refractivity contribution in [3.8, 4) is 0 Å². The second-order valence-corrected chi connectivity index (χ2v) is 6.01. The molecule has 2 N–H and O–H groups in total. The largest absolute Gasteiger partial charge is 0.273 e. The first kappa shape index (κ1) is 15.1. The smallest absolute Gasteiger partial charge is 0.266 e. The summed E-state index contributed by atoms with van der Waals surface area (Å²) in [7, 11) is -3.94. The third-order valence-electron chi connectivity index (χ3n) is 2.81. The SMILES string of the molecule is Cc1ccccc1C(=O)NNS(=O)(=O)c1ccc(F)cc1. The molecule has 7 heteroatoms. The Morgan fingerprint density at radius 1 is 1.05 bits per heavy atom. The number of aryl methyl sites for hydroxylation is 1. The molecule has 0 aliphatic rings. The van der Waals surface area contributed by atoms with E-state index in [1.54, 1.807) is 31.2 Å². The van der Waals surface area contributed by atoms with Crippen molar-refractivity contribution in [3.05, 3.63) is 65.5 Å². The van der Waals surface area contributed by atoms with Crippen LogP contribution in [-0.2, 0) is 10.0 Å². The van der Waals surface area contributed by atoms with E-state index < -0.39 is 21.7 Å². The number of benzene rings is 2. The van der Waals surface area contributed by atoms with E-state index in [9.17, 15) is 17.6 Å². The highest BCUT2D eigenvalue weighted by molar-refractivity contribution is 7.89. The Hall–Kier alpha value is -2.25. The molecule has 110 valence electrons. The fourth-order valence-corrected chi connectivity index (χ4v) is 2.52. The molecule has 0 aromatic heterocycles. The molecule has 2 aromatic rings. The zero-order valence-corrected chi connectivity index (χ0v) is 11.9. The first-order valence-corrected chi connectivity index (χ1v) is 7.52. The van der Waals surface area contributed by atoms with Gasteiger partial charge in [0.1, 0.15) is 5.82 Å². The Morgan fingerprint density at radius 3 is 2.29 bits per heavy atom. The van der Waals surface area contributed by atoms with Crippen molar-refractivity contribution < 1.29 is 17.6 Å². The van der Waals surface area contributed by atoms with E-state index in [0.29, 0.717) is 5.56 Å². The highest BCUT2D eigenvalue weighted by Crippen LogP contribution is 2.09. The second-order valence-electron chi connectivity index (χ2n) is 4.33. The van der Waals surface area contributed by atoms with Gasteiger partial charge in [-0.1, -0.05) is 18.2 Å². The van der Waals surface area contributed by atoms with Crippen molar-refractivity contribution >= 4 is 15.9 Å². The molecule has 0 atom stereocenters. The molecule has 0 heterocycles. The number of rotatable bonds is 4. The maximum atomic E-state index is 12.8. The highest BCUT2D eigenvalue weighted by atomic mass is 32.2. The van der Waals surface area contributed by atoms with E-state index in [4.69, 9.17) is 0 Å². The van der Waals surface area contributed by atoms with Gasteiger partial charge in [0.2, 0.25) is 0 Å². The molecule has 0 unspecified atom stereocenters. The summed E-state index contributed by atoms with van der Waals surface area (Å²) in [5.41, 5.74) is 3.20. The summed E-state index contributed by atoms with van der Waals surface area (Å²) in [4.78, 5) is 13.7. The molecule has 0 fully saturated rings. The minimum atomic E-state index is -3.94. The Labute approximate surface area is 121 Å². The molecule has 21 heavy (non-hydrogen) atoms. The van der Waals surface area contributed by atoms with Crippen molar-refractivity contribution in [1.29, 1.82) is 0 Å². The first-order chi connectivity index (χ1) is 9.90. The number of carbonyl (C=O) groups is 1. The average molecular weight is 308 g/mol. The van der Waals surface area contributed by atoms with E-state index in [-0.39, 0.29) is 4.90 Å². The maximum absolute atomic E-state index is 12.8. The number of hydrogen-bond acceptors (Lipinski definition) is 3. The Morgan fingerprint density at radius 2 is 1.67 bits per heavy atom. The van der Waals surface area contributed by atoms with Crippen LogP contribution in [0.4, 0.5) is 4.39 Å². The molecule has 2 aromatic carbocycles. The Kier molecular flexibility index (Phi) is 4.35. The third-order valence-corrected chi connectivity index (χ3v) is 4.08. The van der Waals surface area contributed by atoms with Gasteiger partial charge in [-0.3, -0.25) is 10.2 Å². The Balaban J connectivity index is 2.10. The monoisotopic (exact) mass is 308 g/mol. The van der Waals surface area contributed by atoms with Gasteiger partial charge in [0, 0.05) is 5.56 Å². The van der Waals surface area contributed by atoms with E-state index in [1.165, 1.54) is 0 Å². The summed E-state index contributed by atoms with van der Waals surface area (Å²) >= 11 is 0. The topological polar surface area (TPSA) is 75.3 Å². The lowest BCUT2D eigenvalue weighted by atomic mass is 10.1. The second kappa shape index (κ2) is 6.02. The van der Waals surface area contributed by atoms with Crippen LogP contribution in [0, 0.1) is 12.7 Å². The van der Waals surface area contributed by atoms with Gasteiger partial charge in [-0.05, 0) is 42.8 Å². The molecule has 0 aliphatic carbocycles. The third kappa shape index (κ3) is 3.65. The molecule has 1 amide bonds. The molecule has 0 saturated heterocycles. The van der Waals surface area contributed by atoms with Crippen LogP contribution >= 0.6 is 0 Å². The number of carbonyl (C=O) groups excluding carboxylic acids is 1. The zero-order chi connectivity index (χ0) is 15.5. The van der Waals surface area contributed by atoms with Crippen molar-refractivity contribution in [3.63, 3.8) is 0 Å². The number of sulfonamides is 1. The minimum absolute atomic E-state index is 0.144. The van der Waals surface area contributed by atoms with Gasteiger partial charge in [0.25, 0.3) is 15.9 Å². The predicted octanol–water partition coefficient (Wildman–Crippen LogP) is 1.76.